The highest BCUT2D eigenvalue weighted by molar-refractivity contribution is 8.14. The van der Waals surface area contributed by atoms with Gasteiger partial charge in [0.1, 0.15) is 12.7 Å². The van der Waals surface area contributed by atoms with E-state index in [2.05, 4.69) is 15.2 Å². The maximum absolute atomic E-state index is 11.1. The SMILES string of the molecule is CN1N=C(n2cncn2)SCC1=O. The topological polar surface area (TPSA) is 63.4 Å². The van der Waals surface area contributed by atoms with E-state index in [1.807, 2.05) is 0 Å². The third-order valence-corrected chi connectivity index (χ3v) is 2.45. The van der Waals surface area contributed by atoms with Crippen LogP contribution < -0.4 is 0 Å². The summed E-state index contributed by atoms with van der Waals surface area (Å²) >= 11 is 1.35. The molecule has 1 amide bonds. The minimum Gasteiger partial charge on any atom is -0.272 e. The molecular weight excluding hydrogens is 190 g/mol. The predicted octanol–water partition coefficient (Wildman–Crippen LogP) is -0.398. The van der Waals surface area contributed by atoms with Gasteiger partial charge in [-0.15, -0.1) is 5.10 Å². The fourth-order valence-corrected chi connectivity index (χ4v) is 1.70. The summed E-state index contributed by atoms with van der Waals surface area (Å²) in [5, 5.41) is 9.92. The first-order valence-corrected chi connectivity index (χ1v) is 4.59. The molecule has 13 heavy (non-hydrogen) atoms. The predicted molar refractivity (Wildman–Crippen MR) is 48.1 cm³/mol. The highest BCUT2D eigenvalue weighted by atomic mass is 32.2. The van der Waals surface area contributed by atoms with E-state index in [1.54, 1.807) is 13.4 Å². The van der Waals surface area contributed by atoms with Crippen LogP contribution in [0.25, 0.3) is 0 Å². The van der Waals surface area contributed by atoms with Gasteiger partial charge in [-0.2, -0.15) is 9.78 Å². The molecule has 0 bridgehead atoms. The number of rotatable bonds is 0. The van der Waals surface area contributed by atoms with Gasteiger partial charge in [0.2, 0.25) is 5.17 Å². The largest absolute Gasteiger partial charge is 0.272 e. The summed E-state index contributed by atoms with van der Waals surface area (Å²) in [6.07, 6.45) is 2.98. The van der Waals surface area contributed by atoms with E-state index in [0.29, 0.717) is 10.9 Å². The second-order valence-corrected chi connectivity index (χ2v) is 3.37. The van der Waals surface area contributed by atoms with Crippen molar-refractivity contribution in [1.29, 1.82) is 0 Å². The lowest BCUT2D eigenvalue weighted by atomic mass is 10.7. The standard InChI is InChI=1S/C6H7N5OS/c1-10-5(12)2-13-6(9-10)11-4-7-3-8-11/h3-4H,2H2,1H3. The smallest absolute Gasteiger partial charge is 0.252 e. The van der Waals surface area contributed by atoms with Crippen LogP contribution in [0.5, 0.6) is 0 Å². The highest BCUT2D eigenvalue weighted by Gasteiger charge is 2.18. The fraction of sp³-hybridized carbons (Fsp3) is 0.333. The van der Waals surface area contributed by atoms with E-state index in [1.165, 1.54) is 27.8 Å². The molecule has 0 aliphatic carbocycles. The van der Waals surface area contributed by atoms with Crippen molar-refractivity contribution in [3.05, 3.63) is 12.7 Å². The first kappa shape index (κ1) is 8.24. The molecule has 0 saturated carbocycles. The summed E-state index contributed by atoms with van der Waals surface area (Å²) < 4.78 is 1.54. The van der Waals surface area contributed by atoms with Gasteiger partial charge in [-0.1, -0.05) is 11.8 Å². The minimum absolute atomic E-state index is 0.00568. The molecule has 68 valence electrons. The molecule has 0 atom stereocenters. The van der Waals surface area contributed by atoms with Crippen LogP contribution in [0.1, 0.15) is 0 Å². The molecule has 1 aliphatic heterocycles. The van der Waals surface area contributed by atoms with E-state index in [9.17, 15) is 4.79 Å². The van der Waals surface area contributed by atoms with Crippen LogP contribution in [0.3, 0.4) is 0 Å². The molecule has 0 aromatic carbocycles. The first-order valence-electron chi connectivity index (χ1n) is 3.60. The fourth-order valence-electron chi connectivity index (χ4n) is 0.852. The molecule has 0 N–H and O–H groups in total. The zero-order valence-electron chi connectivity index (χ0n) is 6.91. The minimum atomic E-state index is -0.00568. The van der Waals surface area contributed by atoms with Gasteiger partial charge in [-0.25, -0.2) is 9.99 Å². The van der Waals surface area contributed by atoms with Crippen LogP contribution in [-0.2, 0) is 4.79 Å². The summed E-state index contributed by atoms with van der Waals surface area (Å²) in [4.78, 5) is 14.9. The molecule has 1 aromatic heterocycles. The number of hydrogen-bond acceptors (Lipinski definition) is 5. The normalized spacial score (nSPS) is 17.5. The van der Waals surface area contributed by atoms with Crippen molar-refractivity contribution in [1.82, 2.24) is 19.8 Å². The van der Waals surface area contributed by atoms with Gasteiger partial charge in [0.05, 0.1) is 5.75 Å². The van der Waals surface area contributed by atoms with Crippen molar-refractivity contribution in [3.8, 4) is 0 Å². The van der Waals surface area contributed by atoms with E-state index in [4.69, 9.17) is 0 Å². The number of amides is 1. The van der Waals surface area contributed by atoms with Crippen LogP contribution in [0.15, 0.2) is 17.8 Å². The van der Waals surface area contributed by atoms with Gasteiger partial charge in [-0.3, -0.25) is 4.79 Å². The summed E-state index contributed by atoms with van der Waals surface area (Å²) in [5.74, 6) is 0.392. The zero-order chi connectivity index (χ0) is 9.26. The highest BCUT2D eigenvalue weighted by Crippen LogP contribution is 2.13. The second-order valence-electron chi connectivity index (χ2n) is 2.43. The van der Waals surface area contributed by atoms with Gasteiger partial charge in [0, 0.05) is 7.05 Å². The van der Waals surface area contributed by atoms with Crippen molar-refractivity contribution in [2.45, 2.75) is 0 Å². The molecule has 1 aliphatic rings. The Kier molecular flexibility index (Phi) is 2.01. The Hall–Kier alpha value is -1.37. The number of carbonyl (C=O) groups is 1. The molecule has 7 heteroatoms. The average Bonchev–Trinajstić information content (AvgIpc) is 2.62. The van der Waals surface area contributed by atoms with Crippen molar-refractivity contribution in [2.24, 2.45) is 5.10 Å². The Labute approximate surface area is 78.6 Å². The average molecular weight is 197 g/mol. The molecule has 2 rings (SSSR count). The maximum Gasteiger partial charge on any atom is 0.252 e. The molecule has 0 spiro atoms. The Balaban J connectivity index is 2.27. The van der Waals surface area contributed by atoms with Crippen molar-refractivity contribution >= 4 is 22.8 Å². The van der Waals surface area contributed by atoms with Crippen LogP contribution in [0, 0.1) is 0 Å². The lowest BCUT2D eigenvalue weighted by molar-refractivity contribution is -0.127. The van der Waals surface area contributed by atoms with Crippen LogP contribution in [-0.4, -0.2) is 43.6 Å². The Morgan fingerprint density at radius 2 is 2.46 bits per heavy atom. The molecular formula is C6H7N5OS. The van der Waals surface area contributed by atoms with E-state index in [-0.39, 0.29) is 5.91 Å². The molecule has 0 fully saturated rings. The lowest BCUT2D eigenvalue weighted by Crippen LogP contribution is -2.31. The lowest BCUT2D eigenvalue weighted by Gasteiger charge is -2.17. The van der Waals surface area contributed by atoms with Gasteiger partial charge in [0.15, 0.2) is 0 Å². The van der Waals surface area contributed by atoms with Gasteiger partial charge in [-0.05, 0) is 0 Å². The third kappa shape index (κ3) is 1.55. The molecule has 6 nitrogen and oxygen atoms in total. The van der Waals surface area contributed by atoms with Crippen LogP contribution in [0.2, 0.25) is 0 Å². The van der Waals surface area contributed by atoms with Crippen molar-refractivity contribution in [2.75, 3.05) is 12.8 Å². The van der Waals surface area contributed by atoms with Crippen molar-refractivity contribution < 1.29 is 4.79 Å². The van der Waals surface area contributed by atoms with Gasteiger partial charge < -0.3 is 0 Å². The Morgan fingerprint density at radius 3 is 3.08 bits per heavy atom. The Morgan fingerprint density at radius 1 is 1.62 bits per heavy atom. The number of hydrogen-bond donors (Lipinski definition) is 0. The summed E-state index contributed by atoms with van der Waals surface area (Å²) in [7, 11) is 1.62. The number of carbonyl (C=O) groups excluding carboxylic acids is 1. The first-order chi connectivity index (χ1) is 6.27. The molecule has 2 heterocycles. The summed E-state index contributed by atoms with van der Waals surface area (Å²) in [6, 6.07) is 0. The maximum atomic E-state index is 11.1. The van der Waals surface area contributed by atoms with Crippen LogP contribution in [0.4, 0.5) is 0 Å². The van der Waals surface area contributed by atoms with E-state index < -0.39 is 0 Å². The summed E-state index contributed by atoms with van der Waals surface area (Å²) in [5.41, 5.74) is 0. The molecule has 1 aromatic rings. The number of hydrazone groups is 1. The van der Waals surface area contributed by atoms with Gasteiger partial charge in [0.25, 0.3) is 5.91 Å². The molecule has 0 saturated heterocycles. The number of aromatic nitrogens is 3. The van der Waals surface area contributed by atoms with Crippen LogP contribution >= 0.6 is 11.8 Å². The zero-order valence-corrected chi connectivity index (χ0v) is 7.73. The second kappa shape index (κ2) is 3.17. The monoisotopic (exact) mass is 197 g/mol. The van der Waals surface area contributed by atoms with Gasteiger partial charge >= 0.3 is 0 Å². The molecule has 0 radical (unpaired) electrons. The van der Waals surface area contributed by atoms with Crippen molar-refractivity contribution in [3.63, 3.8) is 0 Å². The summed E-state index contributed by atoms with van der Waals surface area (Å²) in [6.45, 7) is 0. The Bertz CT molecular complexity index is 346. The van der Waals surface area contributed by atoms with E-state index >= 15 is 0 Å². The number of thioether (sulfide) groups is 1. The third-order valence-electron chi connectivity index (χ3n) is 1.54. The molecule has 0 unspecified atom stereocenters. The number of nitrogens with zero attached hydrogens (tertiary/aromatic N) is 5. The van der Waals surface area contributed by atoms with E-state index in [0.717, 1.165) is 0 Å². The quantitative estimate of drug-likeness (QED) is 0.568.